The number of pyridine rings is 1. The van der Waals surface area contributed by atoms with Gasteiger partial charge in [0.25, 0.3) is 0 Å². The Bertz CT molecular complexity index is 732. The van der Waals surface area contributed by atoms with Crippen molar-refractivity contribution in [1.82, 2.24) is 4.98 Å². The van der Waals surface area contributed by atoms with Crippen molar-refractivity contribution >= 4 is 17.5 Å². The van der Waals surface area contributed by atoms with Crippen LogP contribution in [-0.2, 0) is 0 Å². The first-order valence-corrected chi connectivity index (χ1v) is 7.61. The number of rotatable bonds is 4. The molecule has 1 aromatic carbocycles. The first-order valence-electron chi connectivity index (χ1n) is 6.62. The predicted molar refractivity (Wildman–Crippen MR) is 84.7 cm³/mol. The third kappa shape index (κ3) is 3.71. The zero-order chi connectivity index (χ0) is 15.4. The van der Waals surface area contributed by atoms with Gasteiger partial charge in [-0.15, -0.1) is 0 Å². The van der Waals surface area contributed by atoms with E-state index in [2.05, 4.69) is 11.1 Å². The number of nitriles is 1. The molecule has 0 unspecified atom stereocenters. The minimum atomic E-state index is 0.0599. The summed E-state index contributed by atoms with van der Waals surface area (Å²) in [6.07, 6.45) is 0. The van der Waals surface area contributed by atoms with Gasteiger partial charge in [0, 0.05) is 11.3 Å². The molecule has 0 bridgehead atoms. The topological polar surface area (TPSA) is 53.8 Å². The predicted octanol–water partition coefficient (Wildman–Crippen LogP) is 3.85. The second-order valence-electron chi connectivity index (χ2n) is 4.95. The molecule has 0 amide bonds. The standard InChI is InChI=1S/C17H16N2OS/c1-11-4-7-15(12(2)8-11)16(20)10-21-17-14(9-18)6-5-13(3)19-17/h4-8H,10H2,1-3H3. The molecule has 0 saturated carbocycles. The highest BCUT2D eigenvalue weighted by molar-refractivity contribution is 8.00. The van der Waals surface area contributed by atoms with E-state index in [1.54, 1.807) is 12.1 Å². The van der Waals surface area contributed by atoms with Gasteiger partial charge in [-0.25, -0.2) is 4.98 Å². The van der Waals surface area contributed by atoms with Crippen molar-refractivity contribution in [1.29, 1.82) is 5.26 Å². The van der Waals surface area contributed by atoms with Crippen LogP contribution in [0.3, 0.4) is 0 Å². The van der Waals surface area contributed by atoms with Crippen LogP contribution in [-0.4, -0.2) is 16.5 Å². The Morgan fingerprint density at radius 1 is 1.24 bits per heavy atom. The number of hydrogen-bond donors (Lipinski definition) is 0. The van der Waals surface area contributed by atoms with E-state index in [4.69, 9.17) is 5.26 Å². The normalized spacial score (nSPS) is 10.2. The van der Waals surface area contributed by atoms with E-state index in [0.29, 0.717) is 10.6 Å². The number of hydrogen-bond acceptors (Lipinski definition) is 4. The van der Waals surface area contributed by atoms with Gasteiger partial charge in [0.2, 0.25) is 0 Å². The highest BCUT2D eigenvalue weighted by atomic mass is 32.2. The molecular weight excluding hydrogens is 280 g/mol. The lowest BCUT2D eigenvalue weighted by atomic mass is 10.0. The molecule has 0 radical (unpaired) electrons. The van der Waals surface area contributed by atoms with Crippen molar-refractivity contribution in [3.05, 3.63) is 58.3 Å². The van der Waals surface area contributed by atoms with E-state index in [9.17, 15) is 4.79 Å². The smallest absolute Gasteiger partial charge is 0.173 e. The second-order valence-corrected chi connectivity index (χ2v) is 5.91. The fourth-order valence-corrected chi connectivity index (χ4v) is 2.97. The van der Waals surface area contributed by atoms with Gasteiger partial charge in [-0.05, 0) is 38.5 Å². The summed E-state index contributed by atoms with van der Waals surface area (Å²) in [5.41, 5.74) is 4.22. The van der Waals surface area contributed by atoms with Gasteiger partial charge in [-0.1, -0.05) is 35.5 Å². The summed E-state index contributed by atoms with van der Waals surface area (Å²) in [4.78, 5) is 16.6. The maximum atomic E-state index is 12.3. The van der Waals surface area contributed by atoms with Gasteiger partial charge in [-0.3, -0.25) is 4.79 Å². The first kappa shape index (κ1) is 15.3. The van der Waals surface area contributed by atoms with Crippen LogP contribution in [0.1, 0.15) is 32.7 Å². The van der Waals surface area contributed by atoms with E-state index in [1.807, 2.05) is 39.0 Å². The molecule has 106 valence electrons. The molecule has 21 heavy (non-hydrogen) atoms. The Morgan fingerprint density at radius 2 is 2.00 bits per heavy atom. The van der Waals surface area contributed by atoms with Crippen molar-refractivity contribution in [2.24, 2.45) is 0 Å². The minimum absolute atomic E-state index is 0.0599. The van der Waals surface area contributed by atoms with Crippen LogP contribution in [0.2, 0.25) is 0 Å². The fourth-order valence-electron chi connectivity index (χ4n) is 2.07. The van der Waals surface area contributed by atoms with Crippen molar-refractivity contribution < 1.29 is 4.79 Å². The first-order chi connectivity index (χ1) is 10.0. The maximum Gasteiger partial charge on any atom is 0.173 e. The molecule has 0 aliphatic carbocycles. The third-order valence-corrected chi connectivity index (χ3v) is 4.13. The number of nitrogens with zero attached hydrogens (tertiary/aromatic N) is 2. The number of ketones is 1. The molecule has 4 heteroatoms. The second kappa shape index (κ2) is 6.55. The molecular formula is C17H16N2OS. The van der Waals surface area contributed by atoms with Gasteiger partial charge >= 0.3 is 0 Å². The minimum Gasteiger partial charge on any atom is -0.293 e. The van der Waals surface area contributed by atoms with Crippen molar-refractivity contribution in [3.8, 4) is 6.07 Å². The van der Waals surface area contributed by atoms with Gasteiger partial charge in [0.15, 0.2) is 5.78 Å². The number of thioether (sulfide) groups is 1. The molecule has 2 rings (SSSR count). The SMILES string of the molecule is Cc1ccc(C(=O)CSc2nc(C)ccc2C#N)c(C)c1. The van der Waals surface area contributed by atoms with Crippen LogP contribution in [0, 0.1) is 32.1 Å². The number of carbonyl (C=O) groups excluding carboxylic acids is 1. The molecule has 0 aliphatic heterocycles. The third-order valence-electron chi connectivity index (χ3n) is 3.14. The van der Waals surface area contributed by atoms with Crippen LogP contribution in [0.5, 0.6) is 0 Å². The summed E-state index contributed by atoms with van der Waals surface area (Å²) in [6.45, 7) is 5.82. The van der Waals surface area contributed by atoms with E-state index in [1.165, 1.54) is 11.8 Å². The number of Topliss-reactive ketones (excluding diaryl/α,β-unsaturated/α-hetero) is 1. The van der Waals surface area contributed by atoms with Gasteiger partial charge in [0.1, 0.15) is 11.1 Å². The number of aromatic nitrogens is 1. The maximum absolute atomic E-state index is 12.3. The molecule has 0 N–H and O–H groups in total. The van der Waals surface area contributed by atoms with E-state index >= 15 is 0 Å². The largest absolute Gasteiger partial charge is 0.293 e. The summed E-state index contributed by atoms with van der Waals surface area (Å²) in [5.74, 6) is 0.347. The molecule has 0 fully saturated rings. The quantitative estimate of drug-likeness (QED) is 0.635. The molecule has 3 nitrogen and oxygen atoms in total. The Labute approximate surface area is 129 Å². The average molecular weight is 296 g/mol. The molecule has 0 saturated heterocycles. The van der Waals surface area contributed by atoms with Crippen molar-refractivity contribution in [2.45, 2.75) is 25.8 Å². The molecule has 2 aromatic rings. The average Bonchev–Trinajstić information content (AvgIpc) is 2.45. The summed E-state index contributed by atoms with van der Waals surface area (Å²) in [5, 5.41) is 9.70. The fraction of sp³-hybridized carbons (Fsp3) is 0.235. The Hall–Kier alpha value is -2.12. The van der Waals surface area contributed by atoms with Crippen LogP contribution in [0.25, 0.3) is 0 Å². The lowest BCUT2D eigenvalue weighted by Crippen LogP contribution is -2.05. The van der Waals surface area contributed by atoms with E-state index in [-0.39, 0.29) is 11.5 Å². The number of benzene rings is 1. The summed E-state index contributed by atoms with van der Waals surface area (Å²) < 4.78 is 0. The number of aryl methyl sites for hydroxylation is 3. The highest BCUT2D eigenvalue weighted by Gasteiger charge is 2.12. The lowest BCUT2D eigenvalue weighted by molar-refractivity contribution is 0.102. The van der Waals surface area contributed by atoms with Crippen molar-refractivity contribution in [3.63, 3.8) is 0 Å². The van der Waals surface area contributed by atoms with Gasteiger partial charge in [-0.2, -0.15) is 5.26 Å². The van der Waals surface area contributed by atoms with Crippen LogP contribution in [0.15, 0.2) is 35.4 Å². The summed E-state index contributed by atoms with van der Waals surface area (Å²) in [7, 11) is 0. The zero-order valence-electron chi connectivity index (χ0n) is 12.3. The zero-order valence-corrected chi connectivity index (χ0v) is 13.1. The Morgan fingerprint density at radius 3 is 2.67 bits per heavy atom. The number of carbonyl (C=O) groups is 1. The van der Waals surface area contributed by atoms with Gasteiger partial charge < -0.3 is 0 Å². The molecule has 0 spiro atoms. The molecule has 1 heterocycles. The van der Waals surface area contributed by atoms with Gasteiger partial charge in [0.05, 0.1) is 11.3 Å². The Kier molecular flexibility index (Phi) is 4.77. The van der Waals surface area contributed by atoms with Crippen LogP contribution in [0.4, 0.5) is 0 Å². The van der Waals surface area contributed by atoms with E-state index in [0.717, 1.165) is 22.4 Å². The Balaban J connectivity index is 2.15. The van der Waals surface area contributed by atoms with E-state index < -0.39 is 0 Å². The monoisotopic (exact) mass is 296 g/mol. The summed E-state index contributed by atoms with van der Waals surface area (Å²) in [6, 6.07) is 11.5. The molecule has 1 aromatic heterocycles. The molecule has 0 aliphatic rings. The van der Waals surface area contributed by atoms with Crippen LogP contribution < -0.4 is 0 Å². The van der Waals surface area contributed by atoms with Crippen LogP contribution >= 0.6 is 11.8 Å². The summed E-state index contributed by atoms with van der Waals surface area (Å²) >= 11 is 1.32. The van der Waals surface area contributed by atoms with Crippen molar-refractivity contribution in [2.75, 3.05) is 5.75 Å². The molecule has 0 atom stereocenters. The highest BCUT2D eigenvalue weighted by Crippen LogP contribution is 2.22. The lowest BCUT2D eigenvalue weighted by Gasteiger charge is -2.07.